The van der Waals surface area contributed by atoms with E-state index in [1.165, 1.54) is 0 Å². The first-order valence-corrected chi connectivity index (χ1v) is 6.21. The highest BCUT2D eigenvalue weighted by molar-refractivity contribution is 5.85. The van der Waals surface area contributed by atoms with Crippen LogP contribution in [0.4, 0.5) is 0 Å². The summed E-state index contributed by atoms with van der Waals surface area (Å²) in [6.07, 6.45) is 1.58. The van der Waals surface area contributed by atoms with Crippen LogP contribution in [-0.4, -0.2) is 50.6 Å². The molecule has 1 fully saturated rings. The van der Waals surface area contributed by atoms with Gasteiger partial charge < -0.3 is 19.9 Å². The summed E-state index contributed by atoms with van der Waals surface area (Å²) in [7, 11) is 0. The lowest BCUT2D eigenvalue weighted by Gasteiger charge is -2.29. The van der Waals surface area contributed by atoms with Gasteiger partial charge in [-0.2, -0.15) is 5.26 Å². The second-order valence-electron chi connectivity index (χ2n) is 4.25. The Labute approximate surface area is 107 Å². The van der Waals surface area contributed by atoms with Crippen LogP contribution in [0.1, 0.15) is 19.3 Å². The molecule has 6 heteroatoms. The number of aliphatic hydroxyl groups is 1. The van der Waals surface area contributed by atoms with Crippen LogP contribution in [0.25, 0.3) is 0 Å². The molecule has 1 saturated heterocycles. The molecule has 0 aromatic heterocycles. The Kier molecular flexibility index (Phi) is 6.65. The molecule has 0 aliphatic carbocycles. The van der Waals surface area contributed by atoms with Crippen molar-refractivity contribution in [1.29, 1.82) is 5.26 Å². The van der Waals surface area contributed by atoms with E-state index >= 15 is 0 Å². The standard InChI is InChI=1S/C12H20N2O4/c13-10-12(2-7-18-8-3-12)11(16)14-4-1-6-17-9-5-15/h15H,1-9H2,(H,14,16). The third-order valence-corrected chi connectivity index (χ3v) is 2.98. The van der Waals surface area contributed by atoms with Crippen molar-refractivity contribution in [2.45, 2.75) is 19.3 Å². The molecule has 1 heterocycles. The number of amides is 1. The van der Waals surface area contributed by atoms with E-state index in [4.69, 9.17) is 19.8 Å². The molecule has 0 unspecified atom stereocenters. The van der Waals surface area contributed by atoms with Crippen molar-refractivity contribution in [3.8, 4) is 6.07 Å². The number of hydrogen-bond acceptors (Lipinski definition) is 5. The monoisotopic (exact) mass is 256 g/mol. The molecule has 6 nitrogen and oxygen atoms in total. The molecule has 1 amide bonds. The molecule has 1 rings (SSSR count). The van der Waals surface area contributed by atoms with Gasteiger partial charge in [-0.3, -0.25) is 4.79 Å². The predicted octanol–water partition coefficient (Wildman–Crippen LogP) is -0.178. The molecule has 2 N–H and O–H groups in total. The lowest BCUT2D eigenvalue weighted by molar-refractivity contribution is -0.132. The molecule has 0 radical (unpaired) electrons. The fourth-order valence-electron chi connectivity index (χ4n) is 1.82. The molecule has 0 aromatic carbocycles. The second-order valence-corrected chi connectivity index (χ2v) is 4.25. The molecule has 0 spiro atoms. The highest BCUT2D eigenvalue weighted by Gasteiger charge is 2.40. The summed E-state index contributed by atoms with van der Waals surface area (Å²) < 4.78 is 10.2. The normalized spacial score (nSPS) is 18.0. The number of nitrogens with one attached hydrogen (secondary N) is 1. The fraction of sp³-hybridized carbons (Fsp3) is 0.833. The topological polar surface area (TPSA) is 91.6 Å². The van der Waals surface area contributed by atoms with E-state index in [0.717, 1.165) is 0 Å². The van der Waals surface area contributed by atoms with Gasteiger partial charge in [0.25, 0.3) is 0 Å². The average Bonchev–Trinajstić information content (AvgIpc) is 2.43. The van der Waals surface area contributed by atoms with Gasteiger partial charge in [0.2, 0.25) is 5.91 Å². The van der Waals surface area contributed by atoms with Gasteiger partial charge in [0, 0.05) is 26.4 Å². The summed E-state index contributed by atoms with van der Waals surface area (Å²) >= 11 is 0. The number of carbonyl (C=O) groups is 1. The van der Waals surface area contributed by atoms with Crippen molar-refractivity contribution >= 4 is 5.91 Å². The number of hydrogen-bond donors (Lipinski definition) is 2. The zero-order chi connectivity index (χ0) is 13.3. The maximum Gasteiger partial charge on any atom is 0.240 e. The highest BCUT2D eigenvalue weighted by Crippen LogP contribution is 2.29. The van der Waals surface area contributed by atoms with Gasteiger partial charge >= 0.3 is 0 Å². The summed E-state index contributed by atoms with van der Waals surface area (Å²) in [6, 6.07) is 2.12. The molecular weight excluding hydrogens is 236 g/mol. The molecule has 1 aliphatic rings. The average molecular weight is 256 g/mol. The summed E-state index contributed by atoms with van der Waals surface area (Å²) in [5.41, 5.74) is -0.926. The van der Waals surface area contributed by atoms with Crippen LogP contribution < -0.4 is 5.32 Å². The molecule has 102 valence electrons. The fourth-order valence-corrected chi connectivity index (χ4v) is 1.82. The first-order chi connectivity index (χ1) is 8.75. The number of rotatable bonds is 7. The maximum atomic E-state index is 12.0. The SMILES string of the molecule is N#CC1(C(=O)NCCCOCCO)CCOCC1. The Morgan fingerprint density at radius 3 is 2.78 bits per heavy atom. The zero-order valence-corrected chi connectivity index (χ0v) is 10.5. The molecule has 0 aromatic rings. The van der Waals surface area contributed by atoms with E-state index in [9.17, 15) is 4.79 Å². The number of aliphatic hydroxyl groups excluding tert-OH is 1. The third kappa shape index (κ3) is 4.26. The maximum absolute atomic E-state index is 12.0. The van der Waals surface area contributed by atoms with Crippen molar-refractivity contribution in [2.24, 2.45) is 5.41 Å². The van der Waals surface area contributed by atoms with Crippen LogP contribution in [0, 0.1) is 16.7 Å². The lowest BCUT2D eigenvalue weighted by Crippen LogP contribution is -2.44. The number of nitrogens with zero attached hydrogens (tertiary/aromatic N) is 1. The van der Waals surface area contributed by atoms with E-state index in [1.54, 1.807) is 0 Å². The van der Waals surface area contributed by atoms with Crippen LogP contribution in [0.2, 0.25) is 0 Å². The van der Waals surface area contributed by atoms with Crippen molar-refractivity contribution in [2.75, 3.05) is 39.6 Å². The van der Waals surface area contributed by atoms with Crippen LogP contribution in [0.15, 0.2) is 0 Å². The minimum absolute atomic E-state index is 0.00387. The minimum Gasteiger partial charge on any atom is -0.394 e. The van der Waals surface area contributed by atoms with Crippen molar-refractivity contribution < 1.29 is 19.4 Å². The largest absolute Gasteiger partial charge is 0.394 e. The Hall–Kier alpha value is -1.16. The molecule has 1 aliphatic heterocycles. The summed E-state index contributed by atoms with van der Waals surface area (Å²) in [5.74, 6) is -0.213. The summed E-state index contributed by atoms with van der Waals surface area (Å²) in [4.78, 5) is 12.0. The Balaban J connectivity index is 2.24. The van der Waals surface area contributed by atoms with Gasteiger partial charge in [0.15, 0.2) is 0 Å². The molecule has 0 bridgehead atoms. The molecule has 0 atom stereocenters. The van der Waals surface area contributed by atoms with Crippen LogP contribution in [-0.2, 0) is 14.3 Å². The Morgan fingerprint density at radius 1 is 1.44 bits per heavy atom. The minimum atomic E-state index is -0.926. The second kappa shape index (κ2) is 8.03. The molecular formula is C12H20N2O4. The molecule has 0 saturated carbocycles. The van der Waals surface area contributed by atoms with Crippen LogP contribution in [0.3, 0.4) is 0 Å². The van der Waals surface area contributed by atoms with E-state index in [1.807, 2.05) is 0 Å². The Morgan fingerprint density at radius 2 is 2.17 bits per heavy atom. The van der Waals surface area contributed by atoms with Gasteiger partial charge in [-0.05, 0) is 19.3 Å². The van der Waals surface area contributed by atoms with Gasteiger partial charge in [0.05, 0.1) is 19.3 Å². The van der Waals surface area contributed by atoms with Crippen molar-refractivity contribution in [1.82, 2.24) is 5.32 Å². The lowest BCUT2D eigenvalue weighted by atomic mass is 9.81. The number of nitriles is 1. The Bertz CT molecular complexity index is 295. The van der Waals surface area contributed by atoms with Crippen molar-refractivity contribution in [3.63, 3.8) is 0 Å². The third-order valence-electron chi connectivity index (χ3n) is 2.98. The first-order valence-electron chi connectivity index (χ1n) is 6.21. The summed E-state index contributed by atoms with van der Waals surface area (Å²) in [5, 5.41) is 20.4. The van der Waals surface area contributed by atoms with E-state index in [-0.39, 0.29) is 12.5 Å². The van der Waals surface area contributed by atoms with Gasteiger partial charge in [-0.15, -0.1) is 0 Å². The van der Waals surface area contributed by atoms with E-state index in [2.05, 4.69) is 11.4 Å². The predicted molar refractivity (Wildman–Crippen MR) is 63.6 cm³/mol. The molecule has 18 heavy (non-hydrogen) atoms. The van der Waals surface area contributed by atoms with Gasteiger partial charge in [0.1, 0.15) is 5.41 Å². The van der Waals surface area contributed by atoms with E-state index < -0.39 is 5.41 Å². The first kappa shape index (κ1) is 14.9. The number of ether oxygens (including phenoxy) is 2. The number of carbonyl (C=O) groups excluding carboxylic acids is 1. The zero-order valence-electron chi connectivity index (χ0n) is 10.5. The highest BCUT2D eigenvalue weighted by atomic mass is 16.5. The van der Waals surface area contributed by atoms with E-state index in [0.29, 0.717) is 52.2 Å². The van der Waals surface area contributed by atoms with Crippen LogP contribution >= 0.6 is 0 Å². The van der Waals surface area contributed by atoms with Crippen LogP contribution in [0.5, 0.6) is 0 Å². The smallest absolute Gasteiger partial charge is 0.240 e. The van der Waals surface area contributed by atoms with Crippen molar-refractivity contribution in [3.05, 3.63) is 0 Å². The quantitative estimate of drug-likeness (QED) is 0.617. The summed E-state index contributed by atoms with van der Waals surface area (Å²) in [6.45, 7) is 2.20. The van der Waals surface area contributed by atoms with Gasteiger partial charge in [-0.1, -0.05) is 0 Å². The van der Waals surface area contributed by atoms with Gasteiger partial charge in [-0.25, -0.2) is 0 Å².